The predicted molar refractivity (Wildman–Crippen MR) is 97.9 cm³/mol. The van der Waals surface area contributed by atoms with Crippen LogP contribution in [0.2, 0.25) is 10.0 Å². The van der Waals surface area contributed by atoms with Gasteiger partial charge in [-0.3, -0.25) is 9.48 Å². The van der Waals surface area contributed by atoms with Crippen LogP contribution in [0.15, 0.2) is 36.4 Å². The second-order valence-corrected chi connectivity index (χ2v) is 6.80. The molecule has 0 saturated heterocycles. The molecule has 1 heterocycles. The predicted octanol–water partition coefficient (Wildman–Crippen LogP) is 5.31. The van der Waals surface area contributed by atoms with Crippen molar-refractivity contribution in [3.8, 4) is 5.75 Å². The number of carboxylic acids is 1. The fourth-order valence-electron chi connectivity index (χ4n) is 2.76. The monoisotopic (exact) mass is 432 g/mol. The average molecular weight is 433 g/mol. The molecule has 1 aromatic heterocycles. The van der Waals surface area contributed by atoms with Crippen molar-refractivity contribution in [3.63, 3.8) is 0 Å². The Bertz CT molecular complexity index is 1030. The summed E-state index contributed by atoms with van der Waals surface area (Å²) >= 11 is 12.1. The third-order valence-electron chi connectivity index (χ3n) is 3.94. The number of carboxylic acid groups (broad SMARTS) is 1. The third kappa shape index (κ3) is 4.88. The van der Waals surface area contributed by atoms with E-state index in [2.05, 4.69) is 9.84 Å². The minimum atomic E-state index is -4.83. The first-order valence-corrected chi connectivity index (χ1v) is 8.79. The van der Waals surface area contributed by atoms with Gasteiger partial charge in [0.1, 0.15) is 5.75 Å². The van der Waals surface area contributed by atoms with E-state index in [0.29, 0.717) is 32.2 Å². The van der Waals surface area contributed by atoms with E-state index >= 15 is 0 Å². The number of aryl methyl sites for hydroxylation is 1. The number of carbonyl (C=O) groups is 1. The van der Waals surface area contributed by atoms with Gasteiger partial charge in [-0.05, 0) is 29.8 Å². The highest BCUT2D eigenvalue weighted by atomic mass is 35.5. The molecule has 28 heavy (non-hydrogen) atoms. The summed E-state index contributed by atoms with van der Waals surface area (Å²) in [6, 6.07) is 8.68. The van der Waals surface area contributed by atoms with E-state index in [1.807, 2.05) is 0 Å². The molecule has 148 valence electrons. The summed E-state index contributed by atoms with van der Waals surface area (Å²) in [7, 11) is 0. The first kappa shape index (κ1) is 20.3. The second kappa shape index (κ2) is 7.89. The van der Waals surface area contributed by atoms with Crippen molar-refractivity contribution >= 4 is 40.1 Å². The first-order valence-electron chi connectivity index (χ1n) is 8.03. The average Bonchev–Trinajstić information content (AvgIpc) is 2.91. The zero-order valence-corrected chi connectivity index (χ0v) is 15.6. The largest absolute Gasteiger partial charge is 0.573 e. The summed E-state index contributed by atoms with van der Waals surface area (Å²) in [6.07, 6.45) is -4.86. The molecule has 5 nitrogen and oxygen atoms in total. The summed E-state index contributed by atoms with van der Waals surface area (Å²) in [4.78, 5) is 10.9. The maximum atomic E-state index is 12.6. The molecule has 1 N–H and O–H groups in total. The van der Waals surface area contributed by atoms with Crippen LogP contribution in [0.25, 0.3) is 10.9 Å². The highest BCUT2D eigenvalue weighted by Crippen LogP contribution is 2.30. The topological polar surface area (TPSA) is 64.3 Å². The number of fused-ring (bicyclic) bond motifs is 1. The Morgan fingerprint density at radius 3 is 2.57 bits per heavy atom. The van der Waals surface area contributed by atoms with Crippen molar-refractivity contribution in [1.82, 2.24) is 9.78 Å². The zero-order chi connectivity index (χ0) is 20.5. The van der Waals surface area contributed by atoms with Gasteiger partial charge in [-0.15, -0.1) is 13.2 Å². The highest BCUT2D eigenvalue weighted by molar-refractivity contribution is 6.35. The van der Waals surface area contributed by atoms with E-state index in [-0.39, 0.29) is 19.4 Å². The van der Waals surface area contributed by atoms with Crippen LogP contribution in [0.3, 0.4) is 0 Å². The van der Waals surface area contributed by atoms with Crippen LogP contribution in [-0.2, 0) is 17.8 Å². The quantitative estimate of drug-likeness (QED) is 0.573. The van der Waals surface area contributed by atoms with Crippen molar-refractivity contribution in [2.45, 2.75) is 25.7 Å². The number of aliphatic carboxylic acids is 1. The number of benzene rings is 2. The lowest BCUT2D eigenvalue weighted by molar-refractivity contribution is -0.274. The van der Waals surface area contributed by atoms with Crippen molar-refractivity contribution in [2.24, 2.45) is 0 Å². The Balaban J connectivity index is 2.04. The number of aromatic nitrogens is 2. The highest BCUT2D eigenvalue weighted by Gasteiger charge is 2.31. The van der Waals surface area contributed by atoms with Gasteiger partial charge in [0, 0.05) is 27.9 Å². The molecule has 0 aliphatic carbocycles. The minimum Gasteiger partial charge on any atom is -0.481 e. The number of rotatable bonds is 6. The van der Waals surface area contributed by atoms with Crippen LogP contribution in [0, 0.1) is 0 Å². The number of halogens is 5. The summed E-state index contributed by atoms with van der Waals surface area (Å²) in [5, 5.41) is 14.7. The maximum absolute atomic E-state index is 12.6. The first-order chi connectivity index (χ1) is 13.1. The van der Waals surface area contributed by atoms with Gasteiger partial charge in [0.25, 0.3) is 0 Å². The standard InChI is InChI=1S/C18H13Cl2F3N2O3/c19-11-2-1-10(14(20)7-11)9-25-16-8-12(28-18(21,22)23)3-4-13(16)15(24-25)5-6-17(26)27/h1-4,7-8H,5-6,9H2,(H,26,27). The van der Waals surface area contributed by atoms with Crippen LogP contribution in [0.1, 0.15) is 17.7 Å². The minimum absolute atomic E-state index is 0.132. The van der Waals surface area contributed by atoms with Crippen LogP contribution in [0.4, 0.5) is 13.2 Å². The lowest BCUT2D eigenvalue weighted by atomic mass is 10.1. The van der Waals surface area contributed by atoms with E-state index < -0.39 is 18.1 Å². The Labute approximate surface area is 167 Å². The number of nitrogens with zero attached hydrogens (tertiary/aromatic N) is 2. The normalized spacial score (nSPS) is 11.8. The molecule has 0 spiro atoms. The fraction of sp³-hybridized carbons (Fsp3) is 0.222. The van der Waals surface area contributed by atoms with E-state index in [1.54, 1.807) is 18.2 Å². The second-order valence-electron chi connectivity index (χ2n) is 5.96. The fourth-order valence-corrected chi connectivity index (χ4v) is 3.23. The van der Waals surface area contributed by atoms with Crippen molar-refractivity contribution in [1.29, 1.82) is 0 Å². The summed E-state index contributed by atoms with van der Waals surface area (Å²) in [5.41, 5.74) is 1.48. The van der Waals surface area contributed by atoms with Gasteiger partial charge in [0.05, 0.1) is 24.2 Å². The summed E-state index contributed by atoms with van der Waals surface area (Å²) in [5.74, 6) is -1.39. The Morgan fingerprint density at radius 2 is 1.93 bits per heavy atom. The Kier molecular flexibility index (Phi) is 5.71. The molecule has 0 unspecified atom stereocenters. The van der Waals surface area contributed by atoms with E-state index in [1.165, 1.54) is 22.9 Å². The van der Waals surface area contributed by atoms with Gasteiger partial charge in [-0.25, -0.2) is 0 Å². The molecular weight excluding hydrogens is 420 g/mol. The molecule has 0 bridgehead atoms. The molecule has 0 radical (unpaired) electrons. The molecule has 3 rings (SSSR count). The third-order valence-corrected chi connectivity index (χ3v) is 4.53. The maximum Gasteiger partial charge on any atom is 0.573 e. The summed E-state index contributed by atoms with van der Waals surface area (Å²) < 4.78 is 43.1. The molecule has 0 fully saturated rings. The number of alkyl halides is 3. The smallest absolute Gasteiger partial charge is 0.481 e. The van der Waals surface area contributed by atoms with Crippen LogP contribution in [-0.4, -0.2) is 27.2 Å². The molecule has 0 aliphatic heterocycles. The molecule has 10 heteroatoms. The Morgan fingerprint density at radius 1 is 1.18 bits per heavy atom. The SMILES string of the molecule is O=C(O)CCc1nn(Cc2ccc(Cl)cc2Cl)c2cc(OC(F)(F)F)ccc12. The van der Waals surface area contributed by atoms with E-state index in [9.17, 15) is 18.0 Å². The molecule has 0 atom stereocenters. The van der Waals surface area contributed by atoms with Gasteiger partial charge in [-0.2, -0.15) is 5.10 Å². The number of hydrogen-bond acceptors (Lipinski definition) is 3. The molecule has 0 amide bonds. The number of ether oxygens (including phenoxy) is 1. The van der Waals surface area contributed by atoms with Crippen molar-refractivity contribution < 1.29 is 27.8 Å². The molecule has 0 aliphatic rings. The van der Waals surface area contributed by atoms with Crippen LogP contribution < -0.4 is 4.74 Å². The van der Waals surface area contributed by atoms with E-state index in [0.717, 1.165) is 0 Å². The molecular formula is C18H13Cl2F3N2O3. The van der Waals surface area contributed by atoms with Crippen LogP contribution >= 0.6 is 23.2 Å². The van der Waals surface area contributed by atoms with Gasteiger partial charge in [-0.1, -0.05) is 29.3 Å². The molecule has 3 aromatic rings. The zero-order valence-electron chi connectivity index (χ0n) is 14.1. The summed E-state index contributed by atoms with van der Waals surface area (Å²) in [6.45, 7) is 0.162. The van der Waals surface area contributed by atoms with Crippen molar-refractivity contribution in [3.05, 3.63) is 57.7 Å². The van der Waals surface area contributed by atoms with Gasteiger partial charge < -0.3 is 9.84 Å². The molecule has 0 saturated carbocycles. The van der Waals surface area contributed by atoms with Gasteiger partial charge in [0.15, 0.2) is 0 Å². The van der Waals surface area contributed by atoms with Crippen molar-refractivity contribution in [2.75, 3.05) is 0 Å². The Hall–Kier alpha value is -2.45. The lowest BCUT2D eigenvalue weighted by Gasteiger charge is -2.10. The number of hydrogen-bond donors (Lipinski definition) is 1. The lowest BCUT2D eigenvalue weighted by Crippen LogP contribution is -2.17. The van der Waals surface area contributed by atoms with Gasteiger partial charge in [0.2, 0.25) is 0 Å². The molecule has 2 aromatic carbocycles. The van der Waals surface area contributed by atoms with E-state index in [4.69, 9.17) is 28.3 Å². The van der Waals surface area contributed by atoms with Crippen LogP contribution in [0.5, 0.6) is 5.75 Å². The van der Waals surface area contributed by atoms with Gasteiger partial charge >= 0.3 is 12.3 Å².